The van der Waals surface area contributed by atoms with E-state index in [4.69, 9.17) is 0 Å². The maximum absolute atomic E-state index is 13.1. The van der Waals surface area contributed by atoms with Gasteiger partial charge in [0.2, 0.25) is 11.8 Å². The number of likely N-dealkylation sites (tertiary alicyclic amines) is 1. The van der Waals surface area contributed by atoms with Crippen molar-refractivity contribution in [1.29, 1.82) is 0 Å². The first-order valence-corrected chi connectivity index (χ1v) is 8.48. The van der Waals surface area contributed by atoms with E-state index in [-0.39, 0.29) is 30.2 Å². The summed E-state index contributed by atoms with van der Waals surface area (Å²) >= 11 is 0. The van der Waals surface area contributed by atoms with Gasteiger partial charge in [-0.15, -0.1) is 0 Å². The first kappa shape index (κ1) is 17.4. The number of aliphatic carboxylic acids is 1. The van der Waals surface area contributed by atoms with Crippen LogP contribution in [0.25, 0.3) is 0 Å². The van der Waals surface area contributed by atoms with Crippen molar-refractivity contribution in [3.05, 3.63) is 30.1 Å². The van der Waals surface area contributed by atoms with Gasteiger partial charge in [-0.2, -0.15) is 0 Å². The fourth-order valence-electron chi connectivity index (χ4n) is 3.60. The van der Waals surface area contributed by atoms with Crippen molar-refractivity contribution < 1.29 is 23.9 Å². The highest BCUT2D eigenvalue weighted by molar-refractivity contribution is 6.09. The van der Waals surface area contributed by atoms with Crippen molar-refractivity contribution in [2.24, 2.45) is 11.8 Å². The van der Waals surface area contributed by atoms with Crippen molar-refractivity contribution in [2.45, 2.75) is 32.2 Å². The van der Waals surface area contributed by atoms with Crippen molar-refractivity contribution in [3.8, 4) is 0 Å². The topological polar surface area (TPSA) is 77.9 Å². The summed E-state index contributed by atoms with van der Waals surface area (Å²) in [6.45, 7) is 2.42. The Kier molecular flexibility index (Phi) is 4.74. The molecule has 1 aromatic rings. The second kappa shape index (κ2) is 6.82. The van der Waals surface area contributed by atoms with Gasteiger partial charge in [-0.1, -0.05) is 0 Å². The van der Waals surface area contributed by atoms with Gasteiger partial charge in [0.05, 0.1) is 5.92 Å². The Hall–Kier alpha value is -2.44. The van der Waals surface area contributed by atoms with Gasteiger partial charge in [0, 0.05) is 24.8 Å². The number of halogens is 1. The van der Waals surface area contributed by atoms with Gasteiger partial charge < -0.3 is 14.9 Å². The molecule has 2 fully saturated rings. The van der Waals surface area contributed by atoms with Crippen LogP contribution in [0.4, 0.5) is 10.1 Å². The van der Waals surface area contributed by atoms with Crippen LogP contribution in [0.15, 0.2) is 24.3 Å². The van der Waals surface area contributed by atoms with E-state index in [9.17, 15) is 23.9 Å². The van der Waals surface area contributed by atoms with Gasteiger partial charge in [-0.25, -0.2) is 4.39 Å². The summed E-state index contributed by atoms with van der Waals surface area (Å²) in [5.41, 5.74) is 0.566. The number of piperidine rings is 1. The van der Waals surface area contributed by atoms with E-state index < -0.39 is 17.8 Å². The Balaban J connectivity index is 1.73. The normalized spacial score (nSPS) is 26.8. The molecule has 0 saturated carbocycles. The molecule has 1 aromatic carbocycles. The van der Waals surface area contributed by atoms with Crippen LogP contribution in [0.2, 0.25) is 0 Å². The third-order valence-corrected chi connectivity index (χ3v) is 5.16. The predicted octanol–water partition coefficient (Wildman–Crippen LogP) is 1.89. The first-order chi connectivity index (χ1) is 11.9. The molecule has 7 heteroatoms. The fourth-order valence-corrected chi connectivity index (χ4v) is 3.60. The SMILES string of the molecule is CC1CCC(C(=O)O)CN1C(=O)C1CCN(c2ccc(F)cc2)C1=O. The Labute approximate surface area is 145 Å². The number of benzene rings is 1. The van der Waals surface area contributed by atoms with E-state index in [1.807, 2.05) is 6.92 Å². The molecule has 3 atom stereocenters. The molecule has 2 aliphatic heterocycles. The Morgan fingerprint density at radius 2 is 1.84 bits per heavy atom. The number of carbonyl (C=O) groups is 3. The standard InChI is InChI=1S/C18H21FN2O4/c1-11-2-3-12(18(24)25)10-21(11)17(23)15-8-9-20(16(15)22)14-6-4-13(19)5-7-14/h4-7,11-12,15H,2-3,8-10H2,1H3,(H,24,25). The molecule has 0 spiro atoms. The highest BCUT2D eigenvalue weighted by atomic mass is 19.1. The number of carboxylic acid groups (broad SMARTS) is 1. The van der Waals surface area contributed by atoms with Crippen molar-refractivity contribution >= 4 is 23.5 Å². The van der Waals surface area contributed by atoms with Gasteiger partial charge in [0.15, 0.2) is 0 Å². The minimum atomic E-state index is -0.907. The second-order valence-electron chi connectivity index (χ2n) is 6.76. The lowest BCUT2D eigenvalue weighted by Gasteiger charge is -2.37. The summed E-state index contributed by atoms with van der Waals surface area (Å²) in [6, 6.07) is 5.52. The quantitative estimate of drug-likeness (QED) is 0.846. The van der Waals surface area contributed by atoms with Crippen LogP contribution in [-0.2, 0) is 14.4 Å². The van der Waals surface area contributed by atoms with Gasteiger partial charge in [-0.3, -0.25) is 14.4 Å². The van der Waals surface area contributed by atoms with Crippen LogP contribution >= 0.6 is 0 Å². The zero-order valence-corrected chi connectivity index (χ0v) is 14.0. The maximum atomic E-state index is 13.1. The molecule has 3 rings (SSSR count). The second-order valence-corrected chi connectivity index (χ2v) is 6.76. The summed E-state index contributed by atoms with van der Waals surface area (Å²) < 4.78 is 13.1. The third-order valence-electron chi connectivity index (χ3n) is 5.16. The monoisotopic (exact) mass is 348 g/mol. The van der Waals surface area contributed by atoms with Gasteiger partial charge in [0.1, 0.15) is 11.7 Å². The molecule has 2 heterocycles. The zero-order chi connectivity index (χ0) is 18.1. The number of rotatable bonds is 3. The van der Waals surface area contributed by atoms with E-state index in [0.717, 1.165) is 0 Å². The molecule has 25 heavy (non-hydrogen) atoms. The predicted molar refractivity (Wildman–Crippen MR) is 88.4 cm³/mol. The molecule has 0 aliphatic carbocycles. The average molecular weight is 348 g/mol. The van der Waals surface area contributed by atoms with Crippen LogP contribution in [0.3, 0.4) is 0 Å². The number of anilines is 1. The Morgan fingerprint density at radius 3 is 2.48 bits per heavy atom. The third kappa shape index (κ3) is 3.36. The van der Waals surface area contributed by atoms with E-state index in [0.29, 0.717) is 31.5 Å². The maximum Gasteiger partial charge on any atom is 0.308 e. The van der Waals surface area contributed by atoms with Crippen molar-refractivity contribution in [2.75, 3.05) is 18.0 Å². The van der Waals surface area contributed by atoms with Crippen LogP contribution in [0, 0.1) is 17.7 Å². The number of hydrogen-bond acceptors (Lipinski definition) is 3. The highest BCUT2D eigenvalue weighted by Crippen LogP contribution is 2.30. The lowest BCUT2D eigenvalue weighted by Crippen LogP contribution is -2.50. The smallest absolute Gasteiger partial charge is 0.308 e. The largest absolute Gasteiger partial charge is 0.481 e. The molecule has 2 aliphatic rings. The zero-order valence-electron chi connectivity index (χ0n) is 14.0. The summed E-state index contributed by atoms with van der Waals surface area (Å²) in [6.07, 6.45) is 1.54. The Bertz CT molecular complexity index is 691. The minimum absolute atomic E-state index is 0.0734. The van der Waals surface area contributed by atoms with Gasteiger partial charge >= 0.3 is 5.97 Å². The number of carbonyl (C=O) groups excluding carboxylic acids is 2. The molecule has 134 valence electrons. The van der Waals surface area contributed by atoms with E-state index in [1.165, 1.54) is 29.2 Å². The van der Waals surface area contributed by atoms with Crippen LogP contribution in [0.5, 0.6) is 0 Å². The van der Waals surface area contributed by atoms with Gasteiger partial charge in [-0.05, 0) is 50.5 Å². The first-order valence-electron chi connectivity index (χ1n) is 8.48. The molecule has 0 aromatic heterocycles. The fraction of sp³-hybridized carbons (Fsp3) is 0.500. The number of amides is 2. The number of nitrogens with zero attached hydrogens (tertiary/aromatic N) is 2. The van der Waals surface area contributed by atoms with Crippen molar-refractivity contribution in [3.63, 3.8) is 0 Å². The van der Waals surface area contributed by atoms with Crippen LogP contribution in [0.1, 0.15) is 26.2 Å². The molecule has 3 unspecified atom stereocenters. The molecule has 6 nitrogen and oxygen atoms in total. The number of hydrogen-bond donors (Lipinski definition) is 1. The summed E-state index contributed by atoms with van der Waals surface area (Å²) in [5, 5.41) is 9.21. The van der Waals surface area contributed by atoms with E-state index in [2.05, 4.69) is 0 Å². The average Bonchev–Trinajstić information content (AvgIpc) is 2.97. The molecule has 2 amide bonds. The molecular formula is C18H21FN2O4. The minimum Gasteiger partial charge on any atom is -0.481 e. The highest BCUT2D eigenvalue weighted by Gasteiger charge is 2.42. The van der Waals surface area contributed by atoms with E-state index in [1.54, 1.807) is 4.90 Å². The lowest BCUT2D eigenvalue weighted by atomic mass is 9.92. The summed E-state index contributed by atoms with van der Waals surface area (Å²) in [5.74, 6) is -3.26. The van der Waals surface area contributed by atoms with E-state index >= 15 is 0 Å². The van der Waals surface area contributed by atoms with Crippen molar-refractivity contribution in [1.82, 2.24) is 4.90 Å². The molecule has 0 radical (unpaired) electrons. The van der Waals surface area contributed by atoms with Crippen LogP contribution in [-0.4, -0.2) is 46.9 Å². The molecule has 2 saturated heterocycles. The summed E-state index contributed by atoms with van der Waals surface area (Å²) in [7, 11) is 0. The summed E-state index contributed by atoms with van der Waals surface area (Å²) in [4.78, 5) is 39.8. The molecule has 1 N–H and O–H groups in total. The molecular weight excluding hydrogens is 327 g/mol. The van der Waals surface area contributed by atoms with Gasteiger partial charge in [0.25, 0.3) is 0 Å². The lowest BCUT2D eigenvalue weighted by molar-refractivity contribution is -0.149. The van der Waals surface area contributed by atoms with Crippen LogP contribution < -0.4 is 4.90 Å². The number of carboxylic acids is 1. The Morgan fingerprint density at radius 1 is 1.16 bits per heavy atom. The molecule has 0 bridgehead atoms.